The number of anilines is 1. The Labute approximate surface area is 114 Å². The Bertz CT molecular complexity index is 508. The van der Waals surface area contributed by atoms with E-state index in [9.17, 15) is 4.39 Å². The van der Waals surface area contributed by atoms with Crippen LogP contribution in [0.2, 0.25) is 0 Å². The number of nitrogens with one attached hydrogen (secondary N) is 1. The molecule has 0 amide bonds. The Morgan fingerprint density at radius 1 is 1.12 bits per heavy atom. The second kappa shape index (κ2) is 5.49. The van der Waals surface area contributed by atoms with Crippen molar-refractivity contribution in [2.24, 2.45) is 0 Å². The van der Waals surface area contributed by atoms with Crippen LogP contribution < -0.4 is 5.32 Å². The van der Waals surface area contributed by atoms with Crippen molar-refractivity contribution in [3.63, 3.8) is 0 Å². The Morgan fingerprint density at radius 3 is 2.47 bits per heavy atom. The van der Waals surface area contributed by atoms with Gasteiger partial charge in [-0.2, -0.15) is 0 Å². The maximum absolute atomic E-state index is 12.7. The molecule has 2 aromatic rings. The van der Waals surface area contributed by atoms with Crippen LogP contribution in [0, 0.1) is 16.3 Å². The molecule has 2 aromatic carbocycles. The van der Waals surface area contributed by atoms with Crippen LogP contribution in [0.5, 0.6) is 0 Å². The molecule has 0 aromatic heterocycles. The maximum atomic E-state index is 12.7. The summed E-state index contributed by atoms with van der Waals surface area (Å²) >= 11 is 2.30. The van der Waals surface area contributed by atoms with Gasteiger partial charge in [0.25, 0.3) is 0 Å². The summed E-state index contributed by atoms with van der Waals surface area (Å²) < 4.78 is 14.0. The highest BCUT2D eigenvalue weighted by molar-refractivity contribution is 14.1. The van der Waals surface area contributed by atoms with Crippen molar-refractivity contribution >= 4 is 28.3 Å². The monoisotopic (exact) mass is 341 g/mol. The minimum Gasteiger partial charge on any atom is -0.381 e. The van der Waals surface area contributed by atoms with E-state index in [1.54, 1.807) is 12.1 Å². The zero-order valence-corrected chi connectivity index (χ0v) is 11.7. The molecular weight excluding hydrogens is 328 g/mol. The molecule has 0 aliphatic rings. The molecule has 88 valence electrons. The van der Waals surface area contributed by atoms with Gasteiger partial charge >= 0.3 is 0 Å². The molecule has 3 heteroatoms. The zero-order chi connectivity index (χ0) is 12.3. The number of hydrogen-bond acceptors (Lipinski definition) is 1. The summed E-state index contributed by atoms with van der Waals surface area (Å²) in [7, 11) is 0. The second-order valence-corrected chi connectivity index (χ2v) is 5.18. The third kappa shape index (κ3) is 3.43. The quantitative estimate of drug-likeness (QED) is 0.819. The molecule has 0 radical (unpaired) electrons. The van der Waals surface area contributed by atoms with Crippen molar-refractivity contribution in [1.82, 2.24) is 0 Å². The van der Waals surface area contributed by atoms with E-state index >= 15 is 0 Å². The van der Waals surface area contributed by atoms with Gasteiger partial charge in [0.1, 0.15) is 5.82 Å². The molecule has 1 N–H and O–H groups in total. The third-order valence-electron chi connectivity index (χ3n) is 2.58. The van der Waals surface area contributed by atoms with Crippen LogP contribution in [0.15, 0.2) is 42.5 Å². The van der Waals surface area contributed by atoms with E-state index in [0.717, 1.165) is 11.3 Å². The summed E-state index contributed by atoms with van der Waals surface area (Å²) in [6.07, 6.45) is 0. The van der Waals surface area contributed by atoms with Crippen molar-refractivity contribution in [2.45, 2.75) is 13.5 Å². The normalized spacial score (nSPS) is 10.3. The van der Waals surface area contributed by atoms with Crippen LogP contribution in [-0.4, -0.2) is 0 Å². The molecule has 17 heavy (non-hydrogen) atoms. The van der Waals surface area contributed by atoms with E-state index in [2.05, 4.69) is 53.0 Å². The van der Waals surface area contributed by atoms with Crippen LogP contribution in [0.4, 0.5) is 10.1 Å². The van der Waals surface area contributed by atoms with Gasteiger partial charge in [-0.15, -0.1) is 0 Å². The molecule has 0 aliphatic carbocycles. The first-order valence-electron chi connectivity index (χ1n) is 5.39. The van der Waals surface area contributed by atoms with Crippen LogP contribution in [0.3, 0.4) is 0 Å². The maximum Gasteiger partial charge on any atom is 0.123 e. The summed E-state index contributed by atoms with van der Waals surface area (Å²) in [6, 6.07) is 12.8. The molecule has 2 rings (SSSR count). The van der Waals surface area contributed by atoms with Crippen LogP contribution in [-0.2, 0) is 6.54 Å². The zero-order valence-electron chi connectivity index (χ0n) is 9.50. The van der Waals surface area contributed by atoms with Crippen molar-refractivity contribution in [3.8, 4) is 0 Å². The molecule has 0 fully saturated rings. The first kappa shape index (κ1) is 12.4. The van der Waals surface area contributed by atoms with Crippen LogP contribution in [0.25, 0.3) is 0 Å². The van der Waals surface area contributed by atoms with E-state index in [1.807, 2.05) is 0 Å². The number of aryl methyl sites for hydroxylation is 1. The van der Waals surface area contributed by atoms with Gasteiger partial charge in [0, 0.05) is 15.8 Å². The van der Waals surface area contributed by atoms with Crippen molar-refractivity contribution in [3.05, 3.63) is 63.0 Å². The fourth-order valence-electron chi connectivity index (χ4n) is 1.62. The molecule has 1 nitrogen and oxygen atoms in total. The lowest BCUT2D eigenvalue weighted by Gasteiger charge is -2.09. The third-order valence-corrected chi connectivity index (χ3v) is 3.26. The van der Waals surface area contributed by atoms with Crippen molar-refractivity contribution in [1.29, 1.82) is 0 Å². The second-order valence-electron chi connectivity index (χ2n) is 3.94. The largest absolute Gasteiger partial charge is 0.381 e. The predicted octanol–water partition coefficient (Wildman–Crippen LogP) is 4.35. The number of rotatable bonds is 3. The SMILES string of the molecule is Cc1cc(I)ccc1NCc1ccc(F)cc1. The molecule has 0 spiro atoms. The van der Waals surface area contributed by atoms with Gasteiger partial charge in [-0.05, 0) is 71.0 Å². The number of hydrogen-bond donors (Lipinski definition) is 1. The van der Waals surface area contributed by atoms with Gasteiger partial charge in [-0.25, -0.2) is 4.39 Å². The summed E-state index contributed by atoms with van der Waals surface area (Å²) in [5, 5.41) is 3.35. The Balaban J connectivity index is 2.04. The highest BCUT2D eigenvalue weighted by atomic mass is 127. The van der Waals surface area contributed by atoms with Gasteiger partial charge in [-0.3, -0.25) is 0 Å². The standard InChI is InChI=1S/C14H13FIN/c1-10-8-13(16)6-7-14(10)17-9-11-2-4-12(15)5-3-11/h2-8,17H,9H2,1H3. The van der Waals surface area contributed by atoms with Gasteiger partial charge in [-0.1, -0.05) is 12.1 Å². The molecule has 0 aliphatic heterocycles. The highest BCUT2D eigenvalue weighted by Gasteiger charge is 1.99. The lowest BCUT2D eigenvalue weighted by atomic mass is 10.2. The molecule has 0 atom stereocenters. The summed E-state index contributed by atoms with van der Waals surface area (Å²) in [4.78, 5) is 0. The van der Waals surface area contributed by atoms with Gasteiger partial charge < -0.3 is 5.32 Å². The van der Waals surface area contributed by atoms with Crippen LogP contribution in [0.1, 0.15) is 11.1 Å². The first-order valence-corrected chi connectivity index (χ1v) is 6.47. The Hall–Kier alpha value is -1.10. The first-order chi connectivity index (χ1) is 8.15. The molecule has 0 heterocycles. The topological polar surface area (TPSA) is 12.0 Å². The Morgan fingerprint density at radius 2 is 1.82 bits per heavy atom. The average Bonchev–Trinajstić information content (AvgIpc) is 2.30. The van der Waals surface area contributed by atoms with Gasteiger partial charge in [0.2, 0.25) is 0 Å². The molecule has 0 bridgehead atoms. The lowest BCUT2D eigenvalue weighted by Crippen LogP contribution is -2.01. The molecule has 0 saturated heterocycles. The number of benzene rings is 2. The van der Waals surface area contributed by atoms with E-state index in [4.69, 9.17) is 0 Å². The van der Waals surface area contributed by atoms with Crippen LogP contribution >= 0.6 is 22.6 Å². The Kier molecular flexibility index (Phi) is 3.99. The van der Waals surface area contributed by atoms with E-state index in [1.165, 1.54) is 21.3 Å². The van der Waals surface area contributed by atoms with E-state index < -0.39 is 0 Å². The number of halogens is 2. The van der Waals surface area contributed by atoms with Crippen molar-refractivity contribution < 1.29 is 4.39 Å². The van der Waals surface area contributed by atoms with E-state index in [0.29, 0.717) is 6.54 Å². The average molecular weight is 341 g/mol. The summed E-state index contributed by atoms with van der Waals surface area (Å²) in [5.41, 5.74) is 3.41. The van der Waals surface area contributed by atoms with Gasteiger partial charge in [0.15, 0.2) is 0 Å². The fourth-order valence-corrected chi connectivity index (χ4v) is 2.27. The molecular formula is C14H13FIN. The van der Waals surface area contributed by atoms with Gasteiger partial charge in [0.05, 0.1) is 0 Å². The summed E-state index contributed by atoms with van der Waals surface area (Å²) in [6.45, 7) is 2.79. The lowest BCUT2D eigenvalue weighted by molar-refractivity contribution is 0.627. The summed E-state index contributed by atoms with van der Waals surface area (Å²) in [5.74, 6) is -0.195. The van der Waals surface area contributed by atoms with E-state index in [-0.39, 0.29) is 5.82 Å². The highest BCUT2D eigenvalue weighted by Crippen LogP contribution is 2.18. The predicted molar refractivity (Wildman–Crippen MR) is 77.6 cm³/mol. The fraction of sp³-hybridized carbons (Fsp3) is 0.143. The molecule has 0 saturated carbocycles. The van der Waals surface area contributed by atoms with Crippen molar-refractivity contribution in [2.75, 3.05) is 5.32 Å². The minimum absolute atomic E-state index is 0.195. The minimum atomic E-state index is -0.195. The molecule has 0 unspecified atom stereocenters. The smallest absolute Gasteiger partial charge is 0.123 e.